The number of nitrogens with one attached hydrogen (secondary N) is 1. The van der Waals surface area contributed by atoms with Crippen LogP contribution in [0.25, 0.3) is 0 Å². The van der Waals surface area contributed by atoms with Gasteiger partial charge in [-0.3, -0.25) is 9.69 Å². The number of amides is 1. The van der Waals surface area contributed by atoms with Crippen LogP contribution < -0.4 is 5.32 Å². The number of hydrogen-bond acceptors (Lipinski definition) is 5. The Morgan fingerprint density at radius 3 is 2.65 bits per heavy atom. The molecular weight excluding hydrogens is 316 g/mol. The van der Waals surface area contributed by atoms with Crippen molar-refractivity contribution in [3.05, 3.63) is 29.8 Å². The number of nitrogens with zero attached hydrogens (tertiary/aromatic N) is 1. The van der Waals surface area contributed by atoms with E-state index >= 15 is 0 Å². The van der Waals surface area contributed by atoms with E-state index in [2.05, 4.69) is 10.2 Å². The largest absolute Gasteiger partial charge is 0.379 e. The summed E-state index contributed by atoms with van der Waals surface area (Å²) in [6.07, 6.45) is 0.828. The van der Waals surface area contributed by atoms with Gasteiger partial charge in [0.1, 0.15) is 0 Å². The lowest BCUT2D eigenvalue weighted by Gasteiger charge is -2.26. The van der Waals surface area contributed by atoms with Gasteiger partial charge >= 0.3 is 0 Å². The van der Waals surface area contributed by atoms with Gasteiger partial charge in [-0.25, -0.2) is 8.42 Å². The van der Waals surface area contributed by atoms with Crippen LogP contribution in [0.15, 0.2) is 29.2 Å². The quantitative estimate of drug-likeness (QED) is 0.748. The van der Waals surface area contributed by atoms with E-state index in [1.54, 1.807) is 25.1 Å². The number of carbonyl (C=O) groups is 1. The van der Waals surface area contributed by atoms with Gasteiger partial charge in [-0.1, -0.05) is 19.1 Å². The fourth-order valence-corrected chi connectivity index (χ4v) is 3.60. The number of benzene rings is 1. The predicted octanol–water partition coefficient (Wildman–Crippen LogP) is 0.932. The smallest absolute Gasteiger partial charge is 0.252 e. The molecule has 128 valence electrons. The maximum Gasteiger partial charge on any atom is 0.252 e. The summed E-state index contributed by atoms with van der Waals surface area (Å²) in [5, 5.41) is 2.81. The maximum atomic E-state index is 12.3. The summed E-state index contributed by atoms with van der Waals surface area (Å²) in [5.74, 6) is -0.353. The number of carbonyl (C=O) groups excluding carboxylic acids is 1. The summed E-state index contributed by atoms with van der Waals surface area (Å²) in [6.45, 7) is 6.36. The molecule has 0 bridgehead atoms. The van der Waals surface area contributed by atoms with E-state index in [0.717, 1.165) is 39.3 Å². The third-order valence-corrected chi connectivity index (χ3v) is 5.67. The molecule has 1 fully saturated rings. The third-order valence-electron chi connectivity index (χ3n) is 3.89. The van der Waals surface area contributed by atoms with Gasteiger partial charge in [0, 0.05) is 19.6 Å². The van der Waals surface area contributed by atoms with Gasteiger partial charge in [0.25, 0.3) is 5.91 Å². The van der Waals surface area contributed by atoms with Crippen molar-refractivity contribution >= 4 is 15.7 Å². The summed E-state index contributed by atoms with van der Waals surface area (Å²) < 4.78 is 29.4. The summed E-state index contributed by atoms with van der Waals surface area (Å²) in [6, 6.07) is 6.36. The number of hydrogen-bond donors (Lipinski definition) is 1. The molecule has 1 aromatic carbocycles. The molecule has 1 aromatic rings. The van der Waals surface area contributed by atoms with E-state index in [9.17, 15) is 13.2 Å². The van der Waals surface area contributed by atoms with Crippen molar-refractivity contribution in [1.29, 1.82) is 0 Å². The van der Waals surface area contributed by atoms with Gasteiger partial charge in [0.2, 0.25) is 0 Å². The molecule has 0 aromatic heterocycles. The first-order valence-electron chi connectivity index (χ1n) is 7.94. The first-order valence-corrected chi connectivity index (χ1v) is 9.60. The summed E-state index contributed by atoms with van der Waals surface area (Å²) >= 11 is 0. The fourth-order valence-electron chi connectivity index (χ4n) is 2.51. The number of sulfone groups is 1. The Morgan fingerprint density at radius 2 is 1.96 bits per heavy atom. The van der Waals surface area contributed by atoms with Crippen LogP contribution in [0.5, 0.6) is 0 Å². The Hall–Kier alpha value is -1.44. The molecule has 1 heterocycles. The monoisotopic (exact) mass is 340 g/mol. The van der Waals surface area contributed by atoms with Crippen molar-refractivity contribution in [1.82, 2.24) is 10.2 Å². The average molecular weight is 340 g/mol. The third kappa shape index (κ3) is 5.02. The molecule has 1 aliphatic rings. The average Bonchev–Trinajstić information content (AvgIpc) is 2.59. The molecule has 1 aliphatic heterocycles. The van der Waals surface area contributed by atoms with Crippen LogP contribution >= 0.6 is 0 Å². The standard InChI is InChI=1S/C16H24N2O4S/c1-2-23(20,21)15-7-4-3-6-14(15)16(19)17-8-5-9-18-10-12-22-13-11-18/h3-4,6-7H,2,5,8-13H2,1H3,(H,17,19). The SMILES string of the molecule is CCS(=O)(=O)c1ccccc1C(=O)NCCCN1CCOCC1. The Kier molecular flexibility index (Phi) is 6.56. The molecule has 1 saturated heterocycles. The van der Waals surface area contributed by atoms with Crippen LogP contribution in [-0.4, -0.2) is 64.4 Å². The lowest BCUT2D eigenvalue weighted by atomic mass is 10.2. The first-order chi connectivity index (χ1) is 11.0. The highest BCUT2D eigenvalue weighted by atomic mass is 32.2. The zero-order valence-electron chi connectivity index (χ0n) is 13.5. The minimum Gasteiger partial charge on any atom is -0.379 e. The van der Waals surface area contributed by atoms with Crippen molar-refractivity contribution in [3.63, 3.8) is 0 Å². The number of rotatable bonds is 7. The van der Waals surface area contributed by atoms with Crippen LogP contribution in [0.3, 0.4) is 0 Å². The fraction of sp³-hybridized carbons (Fsp3) is 0.562. The summed E-state index contributed by atoms with van der Waals surface area (Å²) in [4.78, 5) is 14.7. The first kappa shape index (κ1) is 17.9. The van der Waals surface area contributed by atoms with E-state index < -0.39 is 9.84 Å². The van der Waals surface area contributed by atoms with Gasteiger partial charge in [-0.2, -0.15) is 0 Å². The zero-order valence-corrected chi connectivity index (χ0v) is 14.3. The lowest BCUT2D eigenvalue weighted by Crippen LogP contribution is -2.38. The van der Waals surface area contributed by atoms with E-state index in [1.807, 2.05) is 0 Å². The van der Waals surface area contributed by atoms with Crippen LogP contribution in [-0.2, 0) is 14.6 Å². The number of morpholine rings is 1. The van der Waals surface area contributed by atoms with Gasteiger partial charge < -0.3 is 10.1 Å². The second-order valence-corrected chi connectivity index (χ2v) is 7.71. The van der Waals surface area contributed by atoms with Gasteiger partial charge in [-0.05, 0) is 25.1 Å². The molecule has 0 radical (unpaired) electrons. The molecular formula is C16H24N2O4S. The van der Waals surface area contributed by atoms with E-state index in [-0.39, 0.29) is 22.1 Å². The lowest BCUT2D eigenvalue weighted by molar-refractivity contribution is 0.0374. The molecule has 2 rings (SSSR count). The highest BCUT2D eigenvalue weighted by Crippen LogP contribution is 2.16. The van der Waals surface area contributed by atoms with Crippen LogP contribution in [0, 0.1) is 0 Å². The Balaban J connectivity index is 1.88. The van der Waals surface area contributed by atoms with Crippen molar-refractivity contribution in [2.45, 2.75) is 18.2 Å². The Morgan fingerprint density at radius 1 is 1.26 bits per heavy atom. The molecule has 1 N–H and O–H groups in total. The zero-order chi connectivity index (χ0) is 16.7. The molecule has 0 spiro atoms. The van der Waals surface area contributed by atoms with Crippen molar-refractivity contribution < 1.29 is 17.9 Å². The van der Waals surface area contributed by atoms with Crippen LogP contribution in [0.2, 0.25) is 0 Å². The second-order valence-electron chi connectivity index (χ2n) is 5.46. The van der Waals surface area contributed by atoms with Crippen LogP contribution in [0.4, 0.5) is 0 Å². The Bertz CT molecular complexity index is 625. The molecule has 0 aliphatic carbocycles. The molecule has 7 heteroatoms. The van der Waals surface area contributed by atoms with Crippen molar-refractivity contribution in [3.8, 4) is 0 Å². The summed E-state index contributed by atoms with van der Waals surface area (Å²) in [5.41, 5.74) is 0.223. The highest BCUT2D eigenvalue weighted by Gasteiger charge is 2.20. The minimum absolute atomic E-state index is 0.0195. The number of ether oxygens (including phenoxy) is 1. The second kappa shape index (κ2) is 8.42. The van der Waals surface area contributed by atoms with E-state index in [4.69, 9.17) is 4.74 Å². The van der Waals surface area contributed by atoms with Gasteiger partial charge in [0.15, 0.2) is 9.84 Å². The minimum atomic E-state index is -3.40. The molecule has 23 heavy (non-hydrogen) atoms. The van der Waals surface area contributed by atoms with E-state index in [1.165, 1.54) is 6.07 Å². The highest BCUT2D eigenvalue weighted by molar-refractivity contribution is 7.91. The van der Waals surface area contributed by atoms with Crippen LogP contribution in [0.1, 0.15) is 23.7 Å². The molecule has 0 atom stereocenters. The molecule has 1 amide bonds. The van der Waals surface area contributed by atoms with Crippen molar-refractivity contribution in [2.24, 2.45) is 0 Å². The predicted molar refractivity (Wildman–Crippen MR) is 88.4 cm³/mol. The Labute approximate surface area is 137 Å². The molecule has 6 nitrogen and oxygen atoms in total. The molecule has 0 saturated carbocycles. The normalized spacial score (nSPS) is 16.2. The van der Waals surface area contributed by atoms with Crippen molar-refractivity contribution in [2.75, 3.05) is 45.1 Å². The van der Waals surface area contributed by atoms with Gasteiger partial charge in [0.05, 0.1) is 29.4 Å². The topological polar surface area (TPSA) is 75.7 Å². The molecule has 0 unspecified atom stereocenters. The summed E-state index contributed by atoms with van der Waals surface area (Å²) in [7, 11) is -3.40. The van der Waals surface area contributed by atoms with Gasteiger partial charge in [-0.15, -0.1) is 0 Å². The van der Waals surface area contributed by atoms with E-state index in [0.29, 0.717) is 6.54 Å². The maximum absolute atomic E-state index is 12.3.